The van der Waals surface area contributed by atoms with Crippen molar-refractivity contribution in [3.05, 3.63) is 29.3 Å². The van der Waals surface area contributed by atoms with E-state index in [-0.39, 0.29) is 11.5 Å². The molecule has 0 spiro atoms. The number of aryl methyl sites for hydroxylation is 1. The Kier molecular flexibility index (Phi) is 4.74. The lowest BCUT2D eigenvalue weighted by molar-refractivity contribution is 0.0111. The van der Waals surface area contributed by atoms with Crippen LogP contribution in [-0.4, -0.2) is 12.2 Å². The van der Waals surface area contributed by atoms with Gasteiger partial charge in [0.15, 0.2) is 0 Å². The van der Waals surface area contributed by atoms with Crippen LogP contribution in [0.5, 0.6) is 5.75 Å². The van der Waals surface area contributed by atoms with Gasteiger partial charge in [0.1, 0.15) is 5.75 Å². The van der Waals surface area contributed by atoms with E-state index < -0.39 is 0 Å². The molecule has 1 aliphatic rings. The molecule has 1 unspecified atom stereocenters. The highest BCUT2D eigenvalue weighted by Crippen LogP contribution is 2.51. The van der Waals surface area contributed by atoms with Gasteiger partial charge in [-0.3, -0.25) is 0 Å². The van der Waals surface area contributed by atoms with Crippen molar-refractivity contribution in [2.75, 3.05) is 7.11 Å². The summed E-state index contributed by atoms with van der Waals surface area (Å²) in [4.78, 5) is 0. The van der Waals surface area contributed by atoms with Crippen molar-refractivity contribution in [3.8, 4) is 5.75 Å². The maximum Gasteiger partial charge on any atom is 0.121 e. The largest absolute Gasteiger partial charge is 0.496 e. The highest BCUT2D eigenvalue weighted by Gasteiger charge is 2.41. The van der Waals surface area contributed by atoms with Gasteiger partial charge in [0.2, 0.25) is 0 Å². The summed E-state index contributed by atoms with van der Waals surface area (Å²) in [5.74, 6) is 1.52. The van der Waals surface area contributed by atoms with E-state index in [0.717, 1.165) is 36.1 Å². The Morgan fingerprint density at radius 3 is 2.40 bits per heavy atom. The van der Waals surface area contributed by atoms with Crippen LogP contribution >= 0.6 is 0 Å². The summed E-state index contributed by atoms with van der Waals surface area (Å²) in [6.45, 7) is 6.55. The molecule has 1 N–H and O–H groups in total. The summed E-state index contributed by atoms with van der Waals surface area (Å²) in [6, 6.07) is 6.09. The van der Waals surface area contributed by atoms with Crippen LogP contribution in [0.1, 0.15) is 63.2 Å². The zero-order valence-corrected chi connectivity index (χ0v) is 13.3. The maximum absolute atomic E-state index is 11.0. The Morgan fingerprint density at radius 1 is 1.25 bits per heavy atom. The maximum atomic E-state index is 11.0. The van der Waals surface area contributed by atoms with Crippen molar-refractivity contribution in [2.24, 2.45) is 11.3 Å². The molecule has 1 fully saturated rings. The summed E-state index contributed by atoms with van der Waals surface area (Å²) in [5, 5.41) is 11.0. The smallest absolute Gasteiger partial charge is 0.121 e. The van der Waals surface area contributed by atoms with Gasteiger partial charge in [0.25, 0.3) is 0 Å². The molecular weight excluding hydrogens is 248 g/mol. The highest BCUT2D eigenvalue weighted by atomic mass is 16.5. The number of benzene rings is 1. The van der Waals surface area contributed by atoms with Gasteiger partial charge < -0.3 is 9.84 Å². The Bertz CT molecular complexity index is 445. The molecule has 0 aromatic heterocycles. The molecule has 20 heavy (non-hydrogen) atoms. The zero-order valence-electron chi connectivity index (χ0n) is 13.3. The van der Waals surface area contributed by atoms with Gasteiger partial charge in [0.05, 0.1) is 13.2 Å². The molecule has 0 bridgehead atoms. The van der Waals surface area contributed by atoms with Crippen LogP contribution in [0.3, 0.4) is 0 Å². The third-order valence-electron chi connectivity index (χ3n) is 4.73. The van der Waals surface area contributed by atoms with Crippen LogP contribution in [0.2, 0.25) is 0 Å². The van der Waals surface area contributed by atoms with Crippen LogP contribution in [0.25, 0.3) is 0 Å². The van der Waals surface area contributed by atoms with Gasteiger partial charge in [-0.15, -0.1) is 0 Å². The van der Waals surface area contributed by atoms with Crippen LogP contribution in [0.15, 0.2) is 18.2 Å². The first-order valence-electron chi connectivity index (χ1n) is 7.81. The fraction of sp³-hybridized carbons (Fsp3) is 0.667. The zero-order chi connectivity index (χ0) is 14.8. The Morgan fingerprint density at radius 2 is 1.90 bits per heavy atom. The minimum absolute atomic E-state index is 0.0786. The molecule has 0 saturated heterocycles. The molecule has 0 radical (unpaired) electrons. The standard InChI is InChI=1S/C18H28O2/c1-13(2)12-18(9-5-6-10-18)17(19)15-7-8-16(20-4)14(3)11-15/h7-8,11,13,17,19H,5-6,9-10,12H2,1-4H3. The monoisotopic (exact) mass is 276 g/mol. The molecule has 1 aliphatic carbocycles. The number of hydrogen-bond acceptors (Lipinski definition) is 2. The molecule has 0 heterocycles. The van der Waals surface area contributed by atoms with E-state index in [9.17, 15) is 5.11 Å². The molecule has 2 heteroatoms. The van der Waals surface area contributed by atoms with Gasteiger partial charge in [0, 0.05) is 5.41 Å². The van der Waals surface area contributed by atoms with Gasteiger partial charge in [-0.2, -0.15) is 0 Å². The van der Waals surface area contributed by atoms with Gasteiger partial charge in [-0.1, -0.05) is 32.8 Å². The highest BCUT2D eigenvalue weighted by molar-refractivity contribution is 5.37. The molecule has 112 valence electrons. The van der Waals surface area contributed by atoms with Crippen LogP contribution < -0.4 is 4.74 Å². The molecule has 1 saturated carbocycles. The minimum Gasteiger partial charge on any atom is -0.496 e. The van der Waals surface area contributed by atoms with E-state index in [4.69, 9.17) is 4.74 Å². The Hall–Kier alpha value is -1.02. The summed E-state index contributed by atoms with van der Waals surface area (Å²) < 4.78 is 5.31. The van der Waals surface area contributed by atoms with Crippen LogP contribution in [0, 0.1) is 18.3 Å². The van der Waals surface area contributed by atoms with Crippen molar-refractivity contribution >= 4 is 0 Å². The van der Waals surface area contributed by atoms with Crippen molar-refractivity contribution < 1.29 is 9.84 Å². The number of methoxy groups -OCH3 is 1. The Balaban J connectivity index is 2.27. The van der Waals surface area contributed by atoms with Crippen LogP contribution in [-0.2, 0) is 0 Å². The number of rotatable bonds is 5. The van der Waals surface area contributed by atoms with E-state index in [0.29, 0.717) is 5.92 Å². The number of aliphatic hydroxyl groups is 1. The number of aliphatic hydroxyl groups excluding tert-OH is 1. The van der Waals surface area contributed by atoms with E-state index >= 15 is 0 Å². The van der Waals surface area contributed by atoms with E-state index in [2.05, 4.69) is 19.9 Å². The fourth-order valence-electron chi connectivity index (χ4n) is 3.91. The lowest BCUT2D eigenvalue weighted by atomic mass is 9.72. The second kappa shape index (κ2) is 6.17. The summed E-state index contributed by atoms with van der Waals surface area (Å²) in [6.07, 6.45) is 5.56. The topological polar surface area (TPSA) is 29.5 Å². The van der Waals surface area contributed by atoms with Crippen molar-refractivity contribution in [1.29, 1.82) is 0 Å². The third kappa shape index (κ3) is 3.01. The average molecular weight is 276 g/mol. The lowest BCUT2D eigenvalue weighted by Gasteiger charge is -2.36. The third-order valence-corrected chi connectivity index (χ3v) is 4.73. The fourth-order valence-corrected chi connectivity index (χ4v) is 3.91. The first kappa shape index (κ1) is 15.4. The lowest BCUT2D eigenvalue weighted by Crippen LogP contribution is -2.27. The van der Waals surface area contributed by atoms with Gasteiger partial charge >= 0.3 is 0 Å². The number of ether oxygens (including phenoxy) is 1. The van der Waals surface area contributed by atoms with E-state index in [1.165, 1.54) is 12.8 Å². The van der Waals surface area contributed by atoms with Crippen molar-refractivity contribution in [3.63, 3.8) is 0 Å². The average Bonchev–Trinajstić information content (AvgIpc) is 2.86. The molecule has 2 nitrogen and oxygen atoms in total. The molecular formula is C18H28O2. The summed E-state index contributed by atoms with van der Waals surface area (Å²) in [7, 11) is 1.69. The van der Waals surface area contributed by atoms with E-state index in [1.807, 2.05) is 19.1 Å². The molecule has 2 rings (SSSR count). The predicted octanol–water partition coefficient (Wildman–Crippen LogP) is 4.64. The van der Waals surface area contributed by atoms with E-state index in [1.54, 1.807) is 7.11 Å². The number of hydrogen-bond donors (Lipinski definition) is 1. The second-order valence-corrected chi connectivity index (χ2v) is 6.80. The first-order valence-corrected chi connectivity index (χ1v) is 7.81. The Labute approximate surface area is 123 Å². The molecule has 0 aliphatic heterocycles. The van der Waals surface area contributed by atoms with Crippen molar-refractivity contribution in [2.45, 2.75) is 59.0 Å². The normalized spacial score (nSPS) is 19.3. The van der Waals surface area contributed by atoms with Gasteiger partial charge in [-0.05, 0) is 55.4 Å². The predicted molar refractivity (Wildman–Crippen MR) is 83.0 cm³/mol. The molecule has 1 aromatic carbocycles. The minimum atomic E-state index is -0.350. The van der Waals surface area contributed by atoms with Crippen LogP contribution in [0.4, 0.5) is 0 Å². The molecule has 0 amide bonds. The second-order valence-electron chi connectivity index (χ2n) is 6.80. The molecule has 1 atom stereocenters. The molecule has 1 aromatic rings. The van der Waals surface area contributed by atoms with Gasteiger partial charge in [-0.25, -0.2) is 0 Å². The quantitative estimate of drug-likeness (QED) is 0.848. The SMILES string of the molecule is COc1ccc(C(O)C2(CC(C)C)CCCC2)cc1C. The first-order chi connectivity index (χ1) is 9.48. The summed E-state index contributed by atoms with van der Waals surface area (Å²) in [5.41, 5.74) is 2.22. The summed E-state index contributed by atoms with van der Waals surface area (Å²) >= 11 is 0. The van der Waals surface area contributed by atoms with Crippen molar-refractivity contribution in [1.82, 2.24) is 0 Å².